The minimum Gasteiger partial charge on any atom is -0.393 e. The molecule has 0 radical (unpaired) electrons. The van der Waals surface area contributed by atoms with Crippen molar-refractivity contribution in [1.82, 2.24) is 0 Å². The van der Waals surface area contributed by atoms with Crippen LogP contribution in [0.15, 0.2) is 11.6 Å². The summed E-state index contributed by atoms with van der Waals surface area (Å²) in [6.07, 6.45) is -7.63. The number of allylic oxidation sites excluding steroid dienone is 1. The third-order valence-corrected chi connectivity index (χ3v) is 4.43. The third-order valence-electron chi connectivity index (χ3n) is 4.43. The second-order valence-corrected chi connectivity index (χ2v) is 6.85. The average molecular weight is 380 g/mol. The Morgan fingerprint density at radius 2 is 1.77 bits per heavy atom. The first-order valence-corrected chi connectivity index (χ1v) is 8.38. The Kier molecular flexibility index (Phi) is 7.51. The lowest BCUT2D eigenvalue weighted by Crippen LogP contribution is -2.59. The zero-order valence-corrected chi connectivity index (χ0v) is 14.8. The van der Waals surface area contributed by atoms with Gasteiger partial charge in [-0.15, -0.1) is 0 Å². The van der Waals surface area contributed by atoms with Gasteiger partial charge in [0.1, 0.15) is 36.1 Å². The van der Waals surface area contributed by atoms with E-state index >= 15 is 0 Å². The van der Waals surface area contributed by atoms with E-state index in [1.807, 2.05) is 13.8 Å². The molecule has 0 aromatic carbocycles. The number of aliphatic hydroxyl groups excluding tert-OH is 5. The third kappa shape index (κ3) is 4.78. The predicted molar refractivity (Wildman–Crippen MR) is 85.8 cm³/mol. The van der Waals surface area contributed by atoms with Crippen molar-refractivity contribution in [2.75, 3.05) is 26.4 Å². The molecule has 2 aliphatic heterocycles. The summed E-state index contributed by atoms with van der Waals surface area (Å²) in [6, 6.07) is 0. The van der Waals surface area contributed by atoms with Gasteiger partial charge in [-0.1, -0.05) is 11.6 Å². The molecule has 8 unspecified atom stereocenters. The number of ether oxygens (including phenoxy) is 4. The van der Waals surface area contributed by atoms with Crippen molar-refractivity contribution in [3.8, 4) is 0 Å². The van der Waals surface area contributed by atoms with Gasteiger partial charge in [0.05, 0.1) is 26.4 Å². The van der Waals surface area contributed by atoms with Gasteiger partial charge >= 0.3 is 0 Å². The molecule has 2 fully saturated rings. The quantitative estimate of drug-likeness (QED) is 0.255. The van der Waals surface area contributed by atoms with Gasteiger partial charge in [-0.25, -0.2) is 0 Å². The molecule has 0 bridgehead atoms. The first-order valence-electron chi connectivity index (χ1n) is 8.38. The molecular formula is C16H28O10. The SMILES string of the molecule is CC(C)=CCOC1OC(COC2OCC(O)(CO)C2O)C(O)C(O)C1O. The van der Waals surface area contributed by atoms with E-state index < -0.39 is 55.3 Å². The van der Waals surface area contributed by atoms with Gasteiger partial charge in [0.2, 0.25) is 0 Å². The highest BCUT2D eigenvalue weighted by atomic mass is 16.7. The van der Waals surface area contributed by atoms with E-state index in [4.69, 9.17) is 24.1 Å². The van der Waals surface area contributed by atoms with E-state index in [1.54, 1.807) is 6.08 Å². The summed E-state index contributed by atoms with van der Waals surface area (Å²) in [4.78, 5) is 0. The van der Waals surface area contributed by atoms with E-state index in [0.717, 1.165) is 5.57 Å². The van der Waals surface area contributed by atoms with Crippen LogP contribution in [0.3, 0.4) is 0 Å². The van der Waals surface area contributed by atoms with Crippen molar-refractivity contribution in [1.29, 1.82) is 0 Å². The Bertz CT molecular complexity index is 482. The maximum absolute atomic E-state index is 10.1. The van der Waals surface area contributed by atoms with Gasteiger partial charge in [0.15, 0.2) is 12.6 Å². The highest BCUT2D eigenvalue weighted by Gasteiger charge is 2.50. The molecule has 0 amide bonds. The first-order chi connectivity index (χ1) is 12.2. The fourth-order valence-electron chi connectivity index (χ4n) is 2.63. The molecule has 0 spiro atoms. The van der Waals surface area contributed by atoms with Crippen molar-refractivity contribution < 1.29 is 49.6 Å². The van der Waals surface area contributed by atoms with Gasteiger partial charge in [0.25, 0.3) is 0 Å². The summed E-state index contributed by atoms with van der Waals surface area (Å²) >= 11 is 0. The van der Waals surface area contributed by atoms with E-state index in [9.17, 15) is 25.5 Å². The molecule has 0 aromatic rings. The molecule has 10 nitrogen and oxygen atoms in total. The summed E-state index contributed by atoms with van der Waals surface area (Å²) in [7, 11) is 0. The largest absolute Gasteiger partial charge is 0.393 e. The van der Waals surface area contributed by atoms with E-state index in [1.165, 1.54) is 0 Å². The number of aliphatic hydroxyl groups is 6. The van der Waals surface area contributed by atoms with Crippen LogP contribution < -0.4 is 0 Å². The molecular weight excluding hydrogens is 352 g/mol. The van der Waals surface area contributed by atoms with E-state index in [0.29, 0.717) is 0 Å². The van der Waals surface area contributed by atoms with E-state index in [-0.39, 0.29) is 19.8 Å². The van der Waals surface area contributed by atoms with Gasteiger partial charge in [-0.05, 0) is 13.8 Å². The van der Waals surface area contributed by atoms with Gasteiger partial charge in [-0.3, -0.25) is 0 Å². The molecule has 2 aliphatic rings. The zero-order valence-electron chi connectivity index (χ0n) is 14.8. The van der Waals surface area contributed by atoms with Crippen LogP contribution in [0.4, 0.5) is 0 Å². The van der Waals surface area contributed by atoms with Crippen LogP contribution in [-0.2, 0) is 18.9 Å². The van der Waals surface area contributed by atoms with Gasteiger partial charge < -0.3 is 49.6 Å². The minimum absolute atomic E-state index is 0.147. The van der Waals surface area contributed by atoms with Crippen LogP contribution >= 0.6 is 0 Å². The second kappa shape index (κ2) is 9.02. The Morgan fingerprint density at radius 3 is 2.35 bits per heavy atom. The number of hydrogen-bond donors (Lipinski definition) is 6. The van der Waals surface area contributed by atoms with Crippen LogP contribution in [0.1, 0.15) is 13.8 Å². The Morgan fingerprint density at radius 1 is 1.08 bits per heavy atom. The Labute approximate surface area is 151 Å². The molecule has 26 heavy (non-hydrogen) atoms. The molecule has 0 saturated carbocycles. The normalized spacial score (nSPS) is 43.5. The Hall–Kier alpha value is -0.660. The molecule has 0 aromatic heterocycles. The fraction of sp³-hybridized carbons (Fsp3) is 0.875. The topological polar surface area (TPSA) is 158 Å². The van der Waals surface area contributed by atoms with Gasteiger partial charge in [-0.2, -0.15) is 0 Å². The standard InChI is InChI=1S/C16H28O10/c1-8(2)3-4-23-14-12(20)11(19)10(18)9(26-14)5-24-15-13(21)16(22,6-17)7-25-15/h3,9-15,17-22H,4-7H2,1-2H3. The number of hydrogen-bond acceptors (Lipinski definition) is 10. The minimum atomic E-state index is -1.83. The van der Waals surface area contributed by atoms with Crippen LogP contribution in [-0.4, -0.2) is 106 Å². The first kappa shape index (κ1) is 21.6. The van der Waals surface area contributed by atoms with E-state index in [2.05, 4.69) is 0 Å². The van der Waals surface area contributed by atoms with Crippen molar-refractivity contribution in [2.45, 2.75) is 62.5 Å². The lowest BCUT2D eigenvalue weighted by atomic mass is 9.99. The summed E-state index contributed by atoms with van der Waals surface area (Å²) in [5.74, 6) is 0. The molecule has 6 N–H and O–H groups in total. The van der Waals surface area contributed by atoms with Crippen molar-refractivity contribution in [3.05, 3.63) is 11.6 Å². The molecule has 8 atom stereocenters. The molecule has 10 heteroatoms. The van der Waals surface area contributed by atoms with Crippen molar-refractivity contribution in [2.24, 2.45) is 0 Å². The van der Waals surface area contributed by atoms with Crippen LogP contribution in [0.25, 0.3) is 0 Å². The van der Waals surface area contributed by atoms with Crippen molar-refractivity contribution in [3.63, 3.8) is 0 Å². The maximum Gasteiger partial charge on any atom is 0.187 e. The van der Waals surface area contributed by atoms with Crippen molar-refractivity contribution >= 4 is 0 Å². The lowest BCUT2D eigenvalue weighted by Gasteiger charge is -2.40. The molecule has 2 heterocycles. The monoisotopic (exact) mass is 380 g/mol. The molecule has 2 saturated heterocycles. The average Bonchev–Trinajstić information content (AvgIpc) is 2.89. The summed E-state index contributed by atoms with van der Waals surface area (Å²) in [6.45, 7) is 2.56. The van der Waals surface area contributed by atoms with Crippen LogP contribution in [0.5, 0.6) is 0 Å². The number of rotatable bonds is 7. The predicted octanol–water partition coefficient (Wildman–Crippen LogP) is -2.77. The summed E-state index contributed by atoms with van der Waals surface area (Å²) in [5.41, 5.74) is -0.831. The Balaban J connectivity index is 1.92. The lowest BCUT2D eigenvalue weighted by molar-refractivity contribution is -0.307. The smallest absolute Gasteiger partial charge is 0.187 e. The summed E-state index contributed by atoms with van der Waals surface area (Å²) in [5, 5.41) is 58.9. The zero-order chi connectivity index (χ0) is 19.5. The summed E-state index contributed by atoms with van der Waals surface area (Å²) < 4.78 is 21.2. The molecule has 152 valence electrons. The second-order valence-electron chi connectivity index (χ2n) is 6.85. The highest BCUT2D eigenvalue weighted by molar-refractivity contribution is 4.95. The van der Waals surface area contributed by atoms with Gasteiger partial charge in [0, 0.05) is 0 Å². The molecule has 2 rings (SSSR count). The van der Waals surface area contributed by atoms with Crippen LogP contribution in [0.2, 0.25) is 0 Å². The maximum atomic E-state index is 10.1. The molecule has 0 aliphatic carbocycles. The van der Waals surface area contributed by atoms with Crippen LogP contribution in [0, 0.1) is 0 Å². The fourth-order valence-corrected chi connectivity index (χ4v) is 2.63. The highest BCUT2D eigenvalue weighted by Crippen LogP contribution is 2.27.